The summed E-state index contributed by atoms with van der Waals surface area (Å²) in [6, 6.07) is 12.2. The van der Waals surface area contributed by atoms with Gasteiger partial charge in [0.05, 0.1) is 5.41 Å². The molecule has 2 N–H and O–H groups in total. The van der Waals surface area contributed by atoms with Gasteiger partial charge < -0.3 is 10.6 Å². The van der Waals surface area contributed by atoms with E-state index in [1.165, 1.54) is 5.56 Å². The second-order valence-corrected chi connectivity index (χ2v) is 8.50. The summed E-state index contributed by atoms with van der Waals surface area (Å²) in [6.45, 7) is 4.45. The van der Waals surface area contributed by atoms with Crippen LogP contribution in [0.3, 0.4) is 0 Å². The molecule has 2 aromatic rings. The number of nitrogens with one attached hydrogen (secondary N) is 2. The van der Waals surface area contributed by atoms with Crippen LogP contribution >= 0.6 is 11.6 Å². The summed E-state index contributed by atoms with van der Waals surface area (Å²) in [4.78, 5) is 19.6. The summed E-state index contributed by atoms with van der Waals surface area (Å²) in [7, 11) is 0. The predicted octanol–water partition coefficient (Wildman–Crippen LogP) is 2.65. The highest BCUT2D eigenvalue weighted by Gasteiger charge is 2.44. The fraction of sp³-hybridized carbons (Fsp3) is 0.455. The number of piperidine rings is 1. The summed E-state index contributed by atoms with van der Waals surface area (Å²) >= 11 is 5.99. The third-order valence-corrected chi connectivity index (χ3v) is 6.19. The van der Waals surface area contributed by atoms with Gasteiger partial charge in [0, 0.05) is 56.2 Å². The highest BCUT2D eigenvalue weighted by atomic mass is 35.5. The van der Waals surface area contributed by atoms with Gasteiger partial charge in [-0.25, -0.2) is 0 Å². The molecule has 2 fully saturated rings. The lowest BCUT2D eigenvalue weighted by molar-refractivity contribution is -0.135. The number of rotatable bonds is 6. The molecule has 5 nitrogen and oxygen atoms in total. The van der Waals surface area contributed by atoms with Gasteiger partial charge in [0.2, 0.25) is 5.91 Å². The Morgan fingerprint density at radius 1 is 1.11 bits per heavy atom. The molecule has 2 aliphatic rings. The molecule has 0 bridgehead atoms. The van der Waals surface area contributed by atoms with Gasteiger partial charge in [0.1, 0.15) is 0 Å². The monoisotopic (exact) mass is 398 g/mol. The summed E-state index contributed by atoms with van der Waals surface area (Å²) in [5, 5.41) is 7.35. The average Bonchev–Trinajstić information content (AvgIpc) is 2.68. The van der Waals surface area contributed by atoms with Crippen molar-refractivity contribution in [2.24, 2.45) is 5.41 Å². The number of carbonyl (C=O) groups excluding carboxylic acids is 1. The molecule has 2 aliphatic heterocycles. The number of pyridine rings is 1. The van der Waals surface area contributed by atoms with Crippen molar-refractivity contribution >= 4 is 17.5 Å². The molecule has 2 saturated heterocycles. The maximum absolute atomic E-state index is 13.1. The van der Waals surface area contributed by atoms with Crippen LogP contribution in [-0.4, -0.2) is 48.0 Å². The van der Waals surface area contributed by atoms with Crippen molar-refractivity contribution < 1.29 is 4.79 Å². The number of aromatic nitrogens is 1. The molecule has 148 valence electrons. The largest absolute Gasteiger partial charge is 0.353 e. The van der Waals surface area contributed by atoms with Crippen molar-refractivity contribution in [2.75, 3.05) is 26.2 Å². The molecule has 1 aromatic heterocycles. The minimum atomic E-state index is -0.331. The first-order valence-electron chi connectivity index (χ1n) is 10.0. The van der Waals surface area contributed by atoms with Crippen LogP contribution in [0.15, 0.2) is 48.8 Å². The maximum Gasteiger partial charge on any atom is 0.229 e. The number of hydrogen-bond acceptors (Lipinski definition) is 4. The lowest BCUT2D eigenvalue weighted by Gasteiger charge is -2.43. The zero-order chi connectivity index (χ0) is 19.4. The molecule has 4 rings (SSSR count). The van der Waals surface area contributed by atoms with Gasteiger partial charge in [-0.2, -0.15) is 0 Å². The smallest absolute Gasteiger partial charge is 0.229 e. The van der Waals surface area contributed by atoms with Gasteiger partial charge in [-0.15, -0.1) is 0 Å². The Morgan fingerprint density at radius 2 is 1.79 bits per heavy atom. The summed E-state index contributed by atoms with van der Waals surface area (Å²) < 4.78 is 0. The van der Waals surface area contributed by atoms with Gasteiger partial charge in [-0.3, -0.25) is 14.7 Å². The van der Waals surface area contributed by atoms with E-state index in [1.807, 2.05) is 36.7 Å². The summed E-state index contributed by atoms with van der Waals surface area (Å²) in [5.41, 5.74) is 2.12. The van der Waals surface area contributed by atoms with Gasteiger partial charge in [-0.1, -0.05) is 23.7 Å². The van der Waals surface area contributed by atoms with Gasteiger partial charge in [0.25, 0.3) is 0 Å². The van der Waals surface area contributed by atoms with Crippen LogP contribution in [-0.2, 0) is 17.8 Å². The fourth-order valence-corrected chi connectivity index (χ4v) is 4.23. The van der Waals surface area contributed by atoms with E-state index in [2.05, 4.69) is 32.7 Å². The minimum absolute atomic E-state index is 0.189. The van der Waals surface area contributed by atoms with E-state index in [4.69, 9.17) is 11.6 Å². The highest BCUT2D eigenvalue weighted by Crippen LogP contribution is 2.29. The summed E-state index contributed by atoms with van der Waals surface area (Å²) in [5.74, 6) is 0.189. The van der Waals surface area contributed by atoms with Crippen LogP contribution in [0.4, 0.5) is 0 Å². The van der Waals surface area contributed by atoms with E-state index in [0.717, 1.165) is 62.6 Å². The van der Waals surface area contributed by atoms with Crippen LogP contribution in [0.25, 0.3) is 0 Å². The molecule has 28 heavy (non-hydrogen) atoms. The molecule has 0 atom stereocenters. The summed E-state index contributed by atoms with van der Waals surface area (Å²) in [6.07, 6.45) is 6.44. The highest BCUT2D eigenvalue weighted by molar-refractivity contribution is 6.30. The average molecular weight is 399 g/mol. The Labute approximate surface area is 171 Å². The molecule has 0 unspecified atom stereocenters. The van der Waals surface area contributed by atoms with Crippen molar-refractivity contribution in [1.82, 2.24) is 20.5 Å². The number of halogens is 1. The lowest BCUT2D eigenvalue weighted by atomic mass is 9.75. The van der Waals surface area contributed by atoms with Crippen LogP contribution in [0.1, 0.15) is 24.0 Å². The molecule has 1 amide bonds. The molecule has 3 heterocycles. The van der Waals surface area contributed by atoms with E-state index >= 15 is 0 Å². The van der Waals surface area contributed by atoms with E-state index in [0.29, 0.717) is 0 Å². The predicted molar refractivity (Wildman–Crippen MR) is 111 cm³/mol. The van der Waals surface area contributed by atoms with Crippen LogP contribution in [0.5, 0.6) is 0 Å². The van der Waals surface area contributed by atoms with E-state index in [9.17, 15) is 4.79 Å². The van der Waals surface area contributed by atoms with Crippen LogP contribution in [0.2, 0.25) is 5.02 Å². The number of likely N-dealkylation sites (tertiary alicyclic amines) is 1. The van der Waals surface area contributed by atoms with Crippen molar-refractivity contribution in [3.8, 4) is 0 Å². The maximum atomic E-state index is 13.1. The Bertz CT molecular complexity index is 784. The topological polar surface area (TPSA) is 57.3 Å². The van der Waals surface area contributed by atoms with Crippen molar-refractivity contribution in [3.05, 3.63) is 64.9 Å². The van der Waals surface area contributed by atoms with E-state index in [-0.39, 0.29) is 17.4 Å². The first kappa shape index (κ1) is 19.4. The SMILES string of the molecule is O=C(NC1CCN(Cc2ccncc2)CC1)C1(Cc2ccc(Cl)cc2)CNC1. The van der Waals surface area contributed by atoms with Gasteiger partial charge in [-0.05, 0) is 54.7 Å². The zero-order valence-electron chi connectivity index (χ0n) is 16.0. The van der Waals surface area contributed by atoms with Gasteiger partial charge >= 0.3 is 0 Å². The normalized spacial score (nSPS) is 19.8. The Morgan fingerprint density at radius 3 is 2.39 bits per heavy atom. The van der Waals surface area contributed by atoms with Crippen LogP contribution < -0.4 is 10.6 Å². The number of carbonyl (C=O) groups is 1. The third kappa shape index (κ3) is 4.54. The second-order valence-electron chi connectivity index (χ2n) is 8.07. The van der Waals surface area contributed by atoms with E-state index < -0.39 is 0 Å². The molecule has 0 aliphatic carbocycles. The first-order valence-corrected chi connectivity index (χ1v) is 10.4. The number of nitrogens with zero attached hydrogens (tertiary/aromatic N) is 2. The minimum Gasteiger partial charge on any atom is -0.353 e. The quantitative estimate of drug-likeness (QED) is 0.785. The third-order valence-electron chi connectivity index (χ3n) is 5.94. The Kier molecular flexibility index (Phi) is 5.95. The number of hydrogen-bond donors (Lipinski definition) is 2. The standard InChI is InChI=1S/C22H27ClN4O/c23-19-3-1-17(2-4-19)13-22(15-25-16-22)21(28)26-20-7-11-27(12-8-20)14-18-5-9-24-10-6-18/h1-6,9-10,20,25H,7-8,11-16H2,(H,26,28). The van der Waals surface area contributed by atoms with E-state index in [1.54, 1.807) is 0 Å². The Hall–Kier alpha value is -1.95. The Balaban J connectivity index is 1.29. The molecular weight excluding hydrogens is 372 g/mol. The van der Waals surface area contributed by atoms with Crippen molar-refractivity contribution in [2.45, 2.75) is 31.8 Å². The molecule has 1 aromatic carbocycles. The molecular formula is C22H27ClN4O. The molecule has 6 heteroatoms. The fourth-order valence-electron chi connectivity index (χ4n) is 4.11. The van der Waals surface area contributed by atoms with Crippen molar-refractivity contribution in [1.29, 1.82) is 0 Å². The second kappa shape index (κ2) is 8.60. The lowest BCUT2D eigenvalue weighted by Crippen LogP contribution is -2.64. The number of amides is 1. The zero-order valence-corrected chi connectivity index (χ0v) is 16.8. The molecule has 0 radical (unpaired) electrons. The molecule has 0 spiro atoms. The number of benzene rings is 1. The van der Waals surface area contributed by atoms with Crippen LogP contribution in [0, 0.1) is 5.41 Å². The van der Waals surface area contributed by atoms with Gasteiger partial charge in [0.15, 0.2) is 0 Å². The van der Waals surface area contributed by atoms with Crippen molar-refractivity contribution in [3.63, 3.8) is 0 Å². The molecule has 0 saturated carbocycles. The first-order chi connectivity index (χ1) is 13.6.